The molecular weight excluding hydrogens is 456 g/mol. The quantitative estimate of drug-likeness (QED) is 0.414. The van der Waals surface area contributed by atoms with E-state index in [9.17, 15) is 8.42 Å². The predicted molar refractivity (Wildman–Crippen MR) is 127 cm³/mol. The van der Waals surface area contributed by atoms with Gasteiger partial charge in [-0.2, -0.15) is 9.40 Å². The van der Waals surface area contributed by atoms with Crippen LogP contribution in [0.25, 0.3) is 16.7 Å². The van der Waals surface area contributed by atoms with Crippen LogP contribution in [0.2, 0.25) is 0 Å². The van der Waals surface area contributed by atoms with Gasteiger partial charge in [-0.3, -0.25) is 0 Å². The lowest BCUT2D eigenvalue weighted by molar-refractivity contribution is 0.370. The van der Waals surface area contributed by atoms with E-state index in [4.69, 9.17) is 9.47 Å². The van der Waals surface area contributed by atoms with Crippen molar-refractivity contribution >= 4 is 26.9 Å². The van der Waals surface area contributed by atoms with Gasteiger partial charge in [0.15, 0.2) is 5.65 Å². The Morgan fingerprint density at radius 2 is 1.68 bits per heavy atom. The van der Waals surface area contributed by atoms with Crippen molar-refractivity contribution in [3.8, 4) is 17.2 Å². The maximum Gasteiger partial charge on any atom is 0.247 e. The van der Waals surface area contributed by atoms with Crippen LogP contribution in [0, 0.1) is 0 Å². The summed E-state index contributed by atoms with van der Waals surface area (Å²) < 4.78 is 40.5. The van der Waals surface area contributed by atoms with Crippen molar-refractivity contribution in [3.05, 3.63) is 61.1 Å². The van der Waals surface area contributed by atoms with Crippen molar-refractivity contribution in [1.82, 2.24) is 24.1 Å². The third kappa shape index (κ3) is 3.82. The molecule has 1 fully saturated rings. The van der Waals surface area contributed by atoms with Crippen LogP contribution < -0.4 is 14.4 Å². The number of hydrogen-bond donors (Lipinski definition) is 0. The highest BCUT2D eigenvalue weighted by molar-refractivity contribution is 7.89. The van der Waals surface area contributed by atoms with Crippen LogP contribution in [-0.4, -0.2) is 72.9 Å². The highest BCUT2D eigenvalue weighted by Crippen LogP contribution is 2.32. The first-order valence-corrected chi connectivity index (χ1v) is 12.2. The molecule has 0 N–H and O–H groups in total. The second kappa shape index (κ2) is 8.92. The summed E-state index contributed by atoms with van der Waals surface area (Å²) in [7, 11) is -0.812. The van der Waals surface area contributed by atoms with Gasteiger partial charge in [-0.1, -0.05) is 18.2 Å². The van der Waals surface area contributed by atoms with Crippen LogP contribution in [0.5, 0.6) is 11.5 Å². The molecule has 10 nitrogen and oxygen atoms in total. The third-order valence-corrected chi connectivity index (χ3v) is 7.79. The zero-order valence-electron chi connectivity index (χ0n) is 18.8. The number of methoxy groups -OCH3 is 2. The Balaban J connectivity index is 1.40. The largest absolute Gasteiger partial charge is 0.497 e. The van der Waals surface area contributed by atoms with Gasteiger partial charge in [0, 0.05) is 32.2 Å². The van der Waals surface area contributed by atoms with E-state index in [2.05, 4.69) is 20.0 Å². The molecule has 34 heavy (non-hydrogen) atoms. The number of nitrogens with zero attached hydrogens (tertiary/aromatic N) is 6. The summed E-state index contributed by atoms with van der Waals surface area (Å²) in [4.78, 5) is 11.1. The van der Waals surface area contributed by atoms with Crippen molar-refractivity contribution in [1.29, 1.82) is 0 Å². The Morgan fingerprint density at radius 1 is 0.912 bits per heavy atom. The molecule has 11 heteroatoms. The number of anilines is 1. The van der Waals surface area contributed by atoms with E-state index in [1.165, 1.54) is 30.9 Å². The summed E-state index contributed by atoms with van der Waals surface area (Å²) >= 11 is 0. The predicted octanol–water partition coefficient (Wildman–Crippen LogP) is 2.34. The van der Waals surface area contributed by atoms with Gasteiger partial charge in [-0.15, -0.1) is 0 Å². The lowest BCUT2D eigenvalue weighted by Gasteiger charge is -2.35. The van der Waals surface area contributed by atoms with Gasteiger partial charge in [0.1, 0.15) is 28.5 Å². The average Bonchev–Trinajstić information content (AvgIpc) is 3.33. The topological polar surface area (TPSA) is 103 Å². The Labute approximate surface area is 197 Å². The molecule has 176 valence electrons. The Bertz CT molecular complexity index is 1420. The maximum absolute atomic E-state index is 13.4. The maximum atomic E-state index is 13.4. The molecule has 0 aliphatic carbocycles. The number of sulfonamides is 1. The van der Waals surface area contributed by atoms with Gasteiger partial charge < -0.3 is 14.4 Å². The first-order chi connectivity index (χ1) is 16.5. The van der Waals surface area contributed by atoms with Gasteiger partial charge in [0.25, 0.3) is 0 Å². The molecule has 4 aromatic rings. The number of para-hydroxylation sites is 1. The van der Waals surface area contributed by atoms with Gasteiger partial charge >= 0.3 is 0 Å². The summed E-state index contributed by atoms with van der Waals surface area (Å²) in [6.45, 7) is 1.57. The molecule has 1 aliphatic rings. The molecule has 0 bridgehead atoms. The highest BCUT2D eigenvalue weighted by Gasteiger charge is 2.32. The lowest BCUT2D eigenvalue weighted by atomic mass is 10.3. The van der Waals surface area contributed by atoms with E-state index in [0.29, 0.717) is 37.6 Å². The summed E-state index contributed by atoms with van der Waals surface area (Å²) in [6, 6.07) is 14.5. The number of rotatable bonds is 6. The normalized spacial score (nSPS) is 14.9. The van der Waals surface area contributed by atoms with E-state index in [0.717, 1.165) is 16.9 Å². The minimum atomic E-state index is -3.76. The number of benzene rings is 2. The molecule has 1 saturated heterocycles. The van der Waals surface area contributed by atoms with E-state index in [-0.39, 0.29) is 10.6 Å². The van der Waals surface area contributed by atoms with Crippen LogP contribution in [-0.2, 0) is 10.0 Å². The van der Waals surface area contributed by atoms with Crippen LogP contribution in [0.15, 0.2) is 66.0 Å². The average molecular weight is 481 g/mol. The Hall–Kier alpha value is -3.70. The minimum absolute atomic E-state index is 0.0939. The van der Waals surface area contributed by atoms with Gasteiger partial charge in [-0.25, -0.2) is 23.1 Å². The van der Waals surface area contributed by atoms with Crippen LogP contribution in [0.3, 0.4) is 0 Å². The van der Waals surface area contributed by atoms with Crippen molar-refractivity contribution < 1.29 is 17.9 Å². The van der Waals surface area contributed by atoms with Crippen molar-refractivity contribution in [2.24, 2.45) is 0 Å². The van der Waals surface area contributed by atoms with E-state index >= 15 is 0 Å². The fourth-order valence-electron chi connectivity index (χ4n) is 4.11. The standard InChI is InChI=1S/C23H24N6O4S/c1-32-18-8-9-20(33-2)21(14-18)34(30,31)28-12-10-27(11-13-28)22-19-15-26-29(23(19)25-16-24-22)17-6-4-3-5-7-17/h3-9,14-16H,10-13H2,1-2H3. The third-order valence-electron chi connectivity index (χ3n) is 5.87. The highest BCUT2D eigenvalue weighted by atomic mass is 32.2. The van der Waals surface area contributed by atoms with E-state index in [1.54, 1.807) is 23.0 Å². The summed E-state index contributed by atoms with van der Waals surface area (Å²) in [5.41, 5.74) is 1.61. The second-order valence-corrected chi connectivity index (χ2v) is 9.64. The zero-order valence-corrected chi connectivity index (χ0v) is 19.6. The fraction of sp³-hybridized carbons (Fsp3) is 0.261. The summed E-state index contributed by atoms with van der Waals surface area (Å²) in [6.07, 6.45) is 3.27. The molecule has 2 aromatic carbocycles. The lowest BCUT2D eigenvalue weighted by Crippen LogP contribution is -2.49. The number of piperazine rings is 1. The van der Waals surface area contributed by atoms with Crippen molar-refractivity contribution in [2.45, 2.75) is 4.90 Å². The number of hydrogen-bond acceptors (Lipinski definition) is 8. The molecule has 0 unspecified atom stereocenters. The Kier molecular flexibility index (Phi) is 5.80. The molecule has 1 aliphatic heterocycles. The molecule has 2 aromatic heterocycles. The molecule has 5 rings (SSSR count). The number of aromatic nitrogens is 4. The smallest absolute Gasteiger partial charge is 0.247 e. The molecule has 0 radical (unpaired) electrons. The number of ether oxygens (including phenoxy) is 2. The minimum Gasteiger partial charge on any atom is -0.497 e. The monoisotopic (exact) mass is 480 g/mol. The van der Waals surface area contributed by atoms with Crippen LogP contribution >= 0.6 is 0 Å². The second-order valence-electron chi connectivity index (χ2n) is 7.73. The van der Waals surface area contributed by atoms with Crippen molar-refractivity contribution in [3.63, 3.8) is 0 Å². The first kappa shape index (κ1) is 22.1. The fourth-order valence-corrected chi connectivity index (χ4v) is 5.70. The molecule has 0 amide bonds. The van der Waals surface area contributed by atoms with Gasteiger partial charge in [0.05, 0.1) is 31.5 Å². The van der Waals surface area contributed by atoms with Crippen molar-refractivity contribution in [2.75, 3.05) is 45.3 Å². The molecular formula is C23H24N6O4S. The molecule has 0 saturated carbocycles. The first-order valence-electron chi connectivity index (χ1n) is 10.7. The summed E-state index contributed by atoms with van der Waals surface area (Å²) in [5, 5.41) is 5.32. The molecule has 0 atom stereocenters. The van der Waals surface area contributed by atoms with Crippen LogP contribution in [0.1, 0.15) is 0 Å². The van der Waals surface area contributed by atoms with Gasteiger partial charge in [0.2, 0.25) is 10.0 Å². The van der Waals surface area contributed by atoms with Gasteiger partial charge in [-0.05, 0) is 24.3 Å². The summed E-state index contributed by atoms with van der Waals surface area (Å²) in [5.74, 6) is 1.48. The SMILES string of the molecule is COc1ccc(OC)c(S(=O)(=O)N2CCN(c3ncnc4c3cnn4-c3ccccc3)CC2)c1. The van der Waals surface area contributed by atoms with Crippen LogP contribution in [0.4, 0.5) is 5.82 Å². The Morgan fingerprint density at radius 3 is 2.38 bits per heavy atom. The van der Waals surface area contributed by atoms with E-state index in [1.807, 2.05) is 30.3 Å². The zero-order chi connectivity index (χ0) is 23.7. The number of fused-ring (bicyclic) bond motifs is 1. The van der Waals surface area contributed by atoms with E-state index < -0.39 is 10.0 Å². The molecule has 3 heterocycles. The molecule has 0 spiro atoms.